The summed E-state index contributed by atoms with van der Waals surface area (Å²) in [6.45, 7) is 1.49. The van der Waals surface area contributed by atoms with Gasteiger partial charge in [-0.1, -0.05) is 11.6 Å². The molecule has 0 radical (unpaired) electrons. The molecule has 3 rings (SSSR count). The summed E-state index contributed by atoms with van der Waals surface area (Å²) < 4.78 is 39.6. The Hall–Kier alpha value is -1.53. The number of rotatable bonds is 3. The number of fused-ring (bicyclic) bond motifs is 1. The number of hydrogen-bond donors (Lipinski definition) is 1. The lowest BCUT2D eigenvalue weighted by molar-refractivity contribution is -0.140. The largest absolute Gasteiger partial charge is 0.433 e. The van der Waals surface area contributed by atoms with Crippen molar-refractivity contribution in [3.8, 4) is 0 Å². The van der Waals surface area contributed by atoms with Crippen molar-refractivity contribution in [3.63, 3.8) is 0 Å². The molecule has 1 aromatic heterocycles. The fraction of sp³-hybridized carbons (Fsp3) is 0.471. The summed E-state index contributed by atoms with van der Waals surface area (Å²) in [5.74, 6) is 0.427. The lowest BCUT2D eigenvalue weighted by Gasteiger charge is -2.34. The number of aliphatic hydroxyl groups is 1. The van der Waals surface area contributed by atoms with Crippen molar-refractivity contribution < 1.29 is 18.3 Å². The highest BCUT2D eigenvalue weighted by Gasteiger charge is 2.34. The van der Waals surface area contributed by atoms with E-state index in [0.717, 1.165) is 25.3 Å². The summed E-state index contributed by atoms with van der Waals surface area (Å²) >= 11 is 5.92. The Labute approximate surface area is 143 Å². The van der Waals surface area contributed by atoms with E-state index >= 15 is 0 Å². The summed E-state index contributed by atoms with van der Waals surface area (Å²) in [5, 5.41) is 10.1. The third-order valence-corrected chi connectivity index (χ3v) is 4.77. The normalized spacial score (nSPS) is 16.8. The first-order valence-corrected chi connectivity index (χ1v) is 8.29. The predicted octanol–water partition coefficient (Wildman–Crippen LogP) is 4.51. The zero-order valence-corrected chi connectivity index (χ0v) is 13.7. The molecule has 0 bridgehead atoms. The summed E-state index contributed by atoms with van der Waals surface area (Å²) in [6.07, 6.45) is -2.03. The van der Waals surface area contributed by atoms with Crippen LogP contribution in [-0.4, -0.2) is 29.8 Å². The first-order chi connectivity index (χ1) is 11.4. The van der Waals surface area contributed by atoms with Gasteiger partial charge in [-0.15, -0.1) is 0 Å². The lowest BCUT2D eigenvalue weighted by Crippen LogP contribution is -2.34. The Kier molecular flexibility index (Phi) is 4.88. The molecule has 1 aromatic carbocycles. The van der Waals surface area contributed by atoms with Crippen LogP contribution in [-0.2, 0) is 6.18 Å². The molecule has 1 saturated heterocycles. The molecule has 0 amide bonds. The predicted molar refractivity (Wildman–Crippen MR) is 88.4 cm³/mol. The molecular weight excluding hydrogens is 341 g/mol. The van der Waals surface area contributed by atoms with Gasteiger partial charge in [0.15, 0.2) is 0 Å². The van der Waals surface area contributed by atoms with E-state index in [0.29, 0.717) is 35.1 Å². The Balaban J connectivity index is 2.00. The molecule has 1 fully saturated rings. The fourth-order valence-electron chi connectivity index (χ4n) is 3.24. The quantitative estimate of drug-likeness (QED) is 0.877. The average molecular weight is 359 g/mol. The van der Waals surface area contributed by atoms with Gasteiger partial charge < -0.3 is 10.0 Å². The number of pyridine rings is 1. The van der Waals surface area contributed by atoms with Crippen molar-refractivity contribution in [1.82, 2.24) is 4.98 Å². The Morgan fingerprint density at radius 2 is 1.92 bits per heavy atom. The topological polar surface area (TPSA) is 36.4 Å². The van der Waals surface area contributed by atoms with Gasteiger partial charge in [0, 0.05) is 35.8 Å². The third-order valence-electron chi connectivity index (χ3n) is 4.53. The first-order valence-electron chi connectivity index (χ1n) is 7.92. The lowest BCUT2D eigenvalue weighted by atomic mass is 9.93. The third kappa shape index (κ3) is 3.59. The average Bonchev–Trinajstić information content (AvgIpc) is 2.53. The minimum atomic E-state index is -4.50. The van der Waals surface area contributed by atoms with Gasteiger partial charge in [0.1, 0.15) is 5.69 Å². The highest BCUT2D eigenvalue weighted by Crippen LogP contribution is 2.37. The van der Waals surface area contributed by atoms with Crippen LogP contribution in [0, 0.1) is 5.92 Å². The number of piperidine rings is 1. The second-order valence-corrected chi connectivity index (χ2v) is 6.56. The van der Waals surface area contributed by atoms with Crippen molar-refractivity contribution in [1.29, 1.82) is 0 Å². The Morgan fingerprint density at radius 3 is 2.54 bits per heavy atom. The number of aliphatic hydroxyl groups excluding tert-OH is 1. The van der Waals surface area contributed by atoms with Crippen LogP contribution in [0.4, 0.5) is 18.9 Å². The number of nitrogens with zero attached hydrogens (tertiary/aromatic N) is 2. The summed E-state index contributed by atoms with van der Waals surface area (Å²) in [6, 6.07) is 5.98. The SMILES string of the molecule is OCCC1CCN(c2cc(C(F)(F)F)nc3cc(Cl)ccc23)CC1. The number of halogens is 4. The van der Waals surface area contributed by atoms with Crippen LogP contribution in [0.3, 0.4) is 0 Å². The van der Waals surface area contributed by atoms with Gasteiger partial charge in [-0.2, -0.15) is 13.2 Å². The molecule has 0 aliphatic carbocycles. The van der Waals surface area contributed by atoms with Gasteiger partial charge in [-0.3, -0.25) is 0 Å². The molecule has 24 heavy (non-hydrogen) atoms. The molecular formula is C17H18ClF3N2O. The number of hydrogen-bond acceptors (Lipinski definition) is 3. The maximum absolute atomic E-state index is 13.2. The summed E-state index contributed by atoms with van der Waals surface area (Å²) in [7, 11) is 0. The van der Waals surface area contributed by atoms with Crippen molar-refractivity contribution in [2.24, 2.45) is 5.92 Å². The smallest absolute Gasteiger partial charge is 0.396 e. The molecule has 0 atom stereocenters. The van der Waals surface area contributed by atoms with E-state index in [-0.39, 0.29) is 12.1 Å². The fourth-order valence-corrected chi connectivity index (χ4v) is 3.40. The van der Waals surface area contributed by atoms with Crippen LogP contribution < -0.4 is 4.90 Å². The number of anilines is 1. The van der Waals surface area contributed by atoms with E-state index in [4.69, 9.17) is 16.7 Å². The second kappa shape index (κ2) is 6.76. The van der Waals surface area contributed by atoms with Crippen molar-refractivity contribution in [3.05, 3.63) is 35.0 Å². The van der Waals surface area contributed by atoms with Crippen LogP contribution in [0.2, 0.25) is 5.02 Å². The van der Waals surface area contributed by atoms with Crippen LogP contribution in [0.15, 0.2) is 24.3 Å². The van der Waals surface area contributed by atoms with E-state index in [9.17, 15) is 13.2 Å². The van der Waals surface area contributed by atoms with Crippen LogP contribution in [0.5, 0.6) is 0 Å². The highest BCUT2D eigenvalue weighted by atomic mass is 35.5. The van der Waals surface area contributed by atoms with E-state index < -0.39 is 11.9 Å². The Bertz CT molecular complexity index is 728. The van der Waals surface area contributed by atoms with Crippen LogP contribution >= 0.6 is 11.6 Å². The first kappa shape index (κ1) is 17.3. The van der Waals surface area contributed by atoms with Crippen molar-refractivity contribution in [2.75, 3.05) is 24.6 Å². The number of aromatic nitrogens is 1. The number of alkyl halides is 3. The van der Waals surface area contributed by atoms with Gasteiger partial charge in [-0.05, 0) is 49.4 Å². The standard InChI is InChI=1S/C17H18ClF3N2O/c18-12-1-2-13-14(9-12)22-16(17(19,20)21)10-15(13)23-6-3-11(4-7-23)5-8-24/h1-2,9-11,24H,3-8H2. The van der Waals surface area contributed by atoms with E-state index in [1.807, 2.05) is 4.90 Å². The minimum absolute atomic E-state index is 0.152. The zero-order chi connectivity index (χ0) is 17.3. The van der Waals surface area contributed by atoms with E-state index in [2.05, 4.69) is 4.98 Å². The van der Waals surface area contributed by atoms with E-state index in [1.54, 1.807) is 12.1 Å². The molecule has 1 aliphatic rings. The molecule has 0 saturated carbocycles. The van der Waals surface area contributed by atoms with Gasteiger partial charge >= 0.3 is 6.18 Å². The van der Waals surface area contributed by atoms with E-state index in [1.165, 1.54) is 6.07 Å². The highest BCUT2D eigenvalue weighted by molar-refractivity contribution is 6.31. The molecule has 1 aliphatic heterocycles. The summed E-state index contributed by atoms with van der Waals surface area (Å²) in [4.78, 5) is 5.71. The maximum atomic E-state index is 13.2. The molecule has 2 aromatic rings. The molecule has 130 valence electrons. The van der Waals surface area contributed by atoms with Gasteiger partial charge in [0.05, 0.1) is 5.52 Å². The summed E-state index contributed by atoms with van der Waals surface area (Å²) in [5.41, 5.74) is -0.0963. The molecule has 7 heteroatoms. The van der Waals surface area contributed by atoms with Crippen molar-refractivity contribution >= 4 is 28.2 Å². The second-order valence-electron chi connectivity index (χ2n) is 6.13. The monoisotopic (exact) mass is 358 g/mol. The molecule has 0 spiro atoms. The van der Waals surface area contributed by atoms with Gasteiger partial charge in [0.25, 0.3) is 0 Å². The van der Waals surface area contributed by atoms with Crippen LogP contribution in [0.25, 0.3) is 10.9 Å². The molecule has 0 unspecified atom stereocenters. The molecule has 3 nitrogen and oxygen atoms in total. The van der Waals surface area contributed by atoms with Crippen molar-refractivity contribution in [2.45, 2.75) is 25.4 Å². The van der Waals surface area contributed by atoms with Gasteiger partial charge in [-0.25, -0.2) is 4.98 Å². The minimum Gasteiger partial charge on any atom is -0.396 e. The molecule has 2 heterocycles. The zero-order valence-electron chi connectivity index (χ0n) is 13.0. The number of benzene rings is 1. The van der Waals surface area contributed by atoms with Crippen LogP contribution in [0.1, 0.15) is 25.0 Å². The maximum Gasteiger partial charge on any atom is 0.433 e. The van der Waals surface area contributed by atoms with Gasteiger partial charge in [0.2, 0.25) is 0 Å². The molecule has 1 N–H and O–H groups in total. The Morgan fingerprint density at radius 1 is 1.21 bits per heavy atom.